The molecule has 0 radical (unpaired) electrons. The highest BCUT2D eigenvalue weighted by atomic mass is 16.5. The van der Waals surface area contributed by atoms with Gasteiger partial charge in [0.1, 0.15) is 0 Å². The van der Waals surface area contributed by atoms with Crippen molar-refractivity contribution in [3.8, 4) is 0 Å². The Morgan fingerprint density at radius 3 is 2.53 bits per heavy atom. The fourth-order valence-corrected chi connectivity index (χ4v) is 3.43. The number of hydrogen-bond acceptors (Lipinski definition) is 2. The molecular formula is C15H29NO. The van der Waals surface area contributed by atoms with Crippen LogP contribution in [0.1, 0.15) is 65.2 Å². The molecule has 2 fully saturated rings. The number of ether oxygens (including phenoxy) is 1. The van der Waals surface area contributed by atoms with Crippen LogP contribution in [0.5, 0.6) is 0 Å². The average Bonchev–Trinajstić information content (AvgIpc) is 2.75. The lowest BCUT2D eigenvalue weighted by Crippen LogP contribution is -2.64. The van der Waals surface area contributed by atoms with Crippen LogP contribution in [0.15, 0.2) is 0 Å². The van der Waals surface area contributed by atoms with Gasteiger partial charge in [-0.25, -0.2) is 0 Å². The second-order valence-electron chi connectivity index (χ2n) is 5.98. The molecule has 0 saturated carbocycles. The van der Waals surface area contributed by atoms with Crippen LogP contribution in [-0.2, 0) is 4.74 Å². The van der Waals surface area contributed by atoms with Crippen LogP contribution in [0.25, 0.3) is 0 Å². The molecule has 2 aliphatic heterocycles. The maximum absolute atomic E-state index is 5.92. The van der Waals surface area contributed by atoms with Crippen molar-refractivity contribution in [1.82, 2.24) is 4.90 Å². The topological polar surface area (TPSA) is 12.5 Å². The van der Waals surface area contributed by atoms with E-state index in [9.17, 15) is 0 Å². The first-order valence-electron chi connectivity index (χ1n) is 7.67. The predicted octanol–water partition coefficient (Wildman–Crippen LogP) is 3.60. The third-order valence-electron chi connectivity index (χ3n) is 4.45. The Hall–Kier alpha value is -0.0800. The van der Waals surface area contributed by atoms with Gasteiger partial charge in [0, 0.05) is 25.7 Å². The van der Waals surface area contributed by atoms with Gasteiger partial charge in [0.2, 0.25) is 0 Å². The zero-order valence-corrected chi connectivity index (χ0v) is 11.7. The number of hydrogen-bond donors (Lipinski definition) is 0. The van der Waals surface area contributed by atoms with Crippen LogP contribution in [0.4, 0.5) is 0 Å². The molecule has 0 aromatic heterocycles. The Morgan fingerprint density at radius 1 is 1.12 bits per heavy atom. The monoisotopic (exact) mass is 239 g/mol. The van der Waals surface area contributed by atoms with E-state index in [1.54, 1.807) is 0 Å². The highest BCUT2D eigenvalue weighted by Gasteiger charge is 2.47. The molecule has 2 aliphatic rings. The summed E-state index contributed by atoms with van der Waals surface area (Å²) in [5.41, 5.74) is 0.288. The molecule has 17 heavy (non-hydrogen) atoms. The van der Waals surface area contributed by atoms with Crippen molar-refractivity contribution >= 4 is 0 Å². The van der Waals surface area contributed by atoms with Crippen molar-refractivity contribution in [1.29, 1.82) is 0 Å². The molecule has 2 saturated heterocycles. The summed E-state index contributed by atoms with van der Waals surface area (Å²) in [6.07, 6.45) is 10.8. The molecule has 0 N–H and O–H groups in total. The molecule has 100 valence electrons. The van der Waals surface area contributed by atoms with E-state index < -0.39 is 0 Å². The SMILES string of the molecule is CCCCCC(CCC)N1CC2(CCCO2)C1. The van der Waals surface area contributed by atoms with Crippen molar-refractivity contribution in [3.05, 3.63) is 0 Å². The number of likely N-dealkylation sites (tertiary alicyclic amines) is 1. The normalized spacial score (nSPS) is 25.1. The van der Waals surface area contributed by atoms with Gasteiger partial charge in [-0.05, 0) is 25.7 Å². The van der Waals surface area contributed by atoms with Crippen LogP contribution in [0, 0.1) is 0 Å². The largest absolute Gasteiger partial charge is 0.372 e. The Bertz CT molecular complexity index is 215. The molecule has 2 nitrogen and oxygen atoms in total. The van der Waals surface area contributed by atoms with Gasteiger partial charge in [0.05, 0.1) is 5.60 Å². The molecule has 1 atom stereocenters. The van der Waals surface area contributed by atoms with Gasteiger partial charge in [-0.3, -0.25) is 4.90 Å². The van der Waals surface area contributed by atoms with E-state index in [1.165, 1.54) is 64.5 Å². The second-order valence-corrected chi connectivity index (χ2v) is 5.98. The fraction of sp³-hybridized carbons (Fsp3) is 1.00. The molecule has 0 aliphatic carbocycles. The van der Waals surface area contributed by atoms with Crippen LogP contribution in [-0.4, -0.2) is 36.2 Å². The molecule has 1 unspecified atom stereocenters. The van der Waals surface area contributed by atoms with Gasteiger partial charge in [-0.1, -0.05) is 39.5 Å². The van der Waals surface area contributed by atoms with Gasteiger partial charge in [0.15, 0.2) is 0 Å². The number of rotatable bonds is 7. The predicted molar refractivity (Wildman–Crippen MR) is 72.3 cm³/mol. The molecule has 0 aromatic carbocycles. The van der Waals surface area contributed by atoms with E-state index in [1.807, 2.05) is 0 Å². The zero-order chi connectivity index (χ0) is 12.1. The minimum absolute atomic E-state index is 0.288. The first kappa shape index (κ1) is 13.4. The summed E-state index contributed by atoms with van der Waals surface area (Å²) in [5, 5.41) is 0. The highest BCUT2D eigenvalue weighted by molar-refractivity contribution is 5.01. The maximum Gasteiger partial charge on any atom is 0.0935 e. The smallest absolute Gasteiger partial charge is 0.0935 e. The van der Waals surface area contributed by atoms with Crippen molar-refractivity contribution < 1.29 is 4.74 Å². The van der Waals surface area contributed by atoms with Crippen LogP contribution < -0.4 is 0 Å². The summed E-state index contributed by atoms with van der Waals surface area (Å²) in [7, 11) is 0. The lowest BCUT2D eigenvalue weighted by Gasteiger charge is -2.51. The summed E-state index contributed by atoms with van der Waals surface area (Å²) in [6.45, 7) is 8.03. The quantitative estimate of drug-likeness (QED) is 0.629. The van der Waals surface area contributed by atoms with Crippen molar-refractivity contribution in [2.45, 2.75) is 76.9 Å². The van der Waals surface area contributed by atoms with E-state index in [0.29, 0.717) is 0 Å². The summed E-state index contributed by atoms with van der Waals surface area (Å²) < 4.78 is 5.92. The van der Waals surface area contributed by atoms with Crippen LogP contribution in [0.3, 0.4) is 0 Å². The minimum atomic E-state index is 0.288. The summed E-state index contributed by atoms with van der Waals surface area (Å²) in [4.78, 5) is 2.68. The third-order valence-corrected chi connectivity index (χ3v) is 4.45. The maximum atomic E-state index is 5.92. The average molecular weight is 239 g/mol. The molecule has 1 spiro atoms. The van der Waals surface area contributed by atoms with E-state index in [4.69, 9.17) is 4.74 Å². The van der Waals surface area contributed by atoms with E-state index in [2.05, 4.69) is 18.7 Å². The van der Waals surface area contributed by atoms with Gasteiger partial charge >= 0.3 is 0 Å². The second kappa shape index (κ2) is 6.19. The number of unbranched alkanes of at least 4 members (excludes halogenated alkanes) is 2. The highest BCUT2D eigenvalue weighted by Crippen LogP contribution is 2.37. The Kier molecular flexibility index (Phi) is 4.87. The fourth-order valence-electron chi connectivity index (χ4n) is 3.43. The van der Waals surface area contributed by atoms with Crippen molar-refractivity contribution in [2.24, 2.45) is 0 Å². The van der Waals surface area contributed by atoms with Gasteiger partial charge in [0.25, 0.3) is 0 Å². The van der Waals surface area contributed by atoms with Gasteiger partial charge in [-0.2, -0.15) is 0 Å². The first-order valence-corrected chi connectivity index (χ1v) is 7.67. The Labute approximate surface area is 107 Å². The molecule has 0 amide bonds. The lowest BCUT2D eigenvalue weighted by atomic mass is 9.87. The van der Waals surface area contributed by atoms with E-state index in [0.717, 1.165) is 12.6 Å². The van der Waals surface area contributed by atoms with Crippen molar-refractivity contribution in [2.75, 3.05) is 19.7 Å². The molecule has 0 bridgehead atoms. The summed E-state index contributed by atoms with van der Waals surface area (Å²) >= 11 is 0. The Balaban J connectivity index is 1.73. The van der Waals surface area contributed by atoms with Gasteiger partial charge < -0.3 is 4.74 Å². The molecule has 2 heterocycles. The van der Waals surface area contributed by atoms with Crippen LogP contribution in [0.2, 0.25) is 0 Å². The van der Waals surface area contributed by atoms with E-state index in [-0.39, 0.29) is 5.60 Å². The minimum Gasteiger partial charge on any atom is -0.372 e. The molecule has 0 aromatic rings. The van der Waals surface area contributed by atoms with Crippen molar-refractivity contribution in [3.63, 3.8) is 0 Å². The number of nitrogens with zero attached hydrogens (tertiary/aromatic N) is 1. The third kappa shape index (κ3) is 3.23. The summed E-state index contributed by atoms with van der Waals surface area (Å²) in [6, 6.07) is 0.835. The standard InChI is InChI=1S/C15H29NO/c1-3-5-6-9-14(8-4-2)16-12-15(13-16)10-7-11-17-15/h14H,3-13H2,1-2H3. The van der Waals surface area contributed by atoms with Gasteiger partial charge in [-0.15, -0.1) is 0 Å². The zero-order valence-electron chi connectivity index (χ0n) is 11.7. The molecule has 2 heteroatoms. The molecular weight excluding hydrogens is 210 g/mol. The lowest BCUT2D eigenvalue weighted by molar-refractivity contribution is -0.128. The summed E-state index contributed by atoms with van der Waals surface area (Å²) in [5.74, 6) is 0. The van der Waals surface area contributed by atoms with Crippen LogP contribution >= 0.6 is 0 Å². The van der Waals surface area contributed by atoms with E-state index >= 15 is 0 Å². The molecule has 2 rings (SSSR count). The Morgan fingerprint density at radius 2 is 1.94 bits per heavy atom. The first-order chi connectivity index (χ1) is 8.29.